The van der Waals surface area contributed by atoms with Crippen LogP contribution in [0.1, 0.15) is 16.1 Å². The number of rotatable bonds is 4. The number of nitrogens with zero attached hydrogens (tertiary/aromatic N) is 2. The number of carboxylic acids is 1. The normalized spacial score (nSPS) is 10.3. The number of anilines is 1. The van der Waals surface area contributed by atoms with Crippen molar-refractivity contribution < 1.29 is 9.90 Å². The van der Waals surface area contributed by atoms with Crippen molar-refractivity contribution in [3.8, 4) is 0 Å². The third kappa shape index (κ3) is 2.62. The van der Waals surface area contributed by atoms with Gasteiger partial charge in [0.25, 0.3) is 0 Å². The average molecular weight is 266 g/mol. The molecule has 0 spiro atoms. The molecule has 94 valence electrons. The second kappa shape index (κ2) is 5.10. The molecule has 0 aliphatic carbocycles. The SMILES string of the molecule is Cn1cncc1CNc1ccc(Cl)c(C(=O)O)c1. The first-order valence-electron chi connectivity index (χ1n) is 5.30. The molecule has 0 aliphatic rings. The van der Waals surface area contributed by atoms with Crippen LogP contribution in [0, 0.1) is 0 Å². The van der Waals surface area contributed by atoms with Gasteiger partial charge >= 0.3 is 5.97 Å². The van der Waals surface area contributed by atoms with Crippen molar-refractivity contribution in [1.82, 2.24) is 9.55 Å². The van der Waals surface area contributed by atoms with E-state index in [0.717, 1.165) is 5.69 Å². The molecule has 1 aromatic heterocycles. The molecule has 0 radical (unpaired) electrons. The Morgan fingerprint density at radius 1 is 1.56 bits per heavy atom. The van der Waals surface area contributed by atoms with Crippen molar-refractivity contribution in [3.63, 3.8) is 0 Å². The average Bonchev–Trinajstić information content (AvgIpc) is 2.73. The maximum Gasteiger partial charge on any atom is 0.337 e. The van der Waals surface area contributed by atoms with Crippen molar-refractivity contribution in [2.24, 2.45) is 7.05 Å². The molecule has 1 aromatic carbocycles. The van der Waals surface area contributed by atoms with Crippen LogP contribution in [0.15, 0.2) is 30.7 Å². The van der Waals surface area contributed by atoms with Crippen LogP contribution in [0.2, 0.25) is 5.02 Å². The van der Waals surface area contributed by atoms with Gasteiger partial charge < -0.3 is 15.0 Å². The molecule has 2 N–H and O–H groups in total. The summed E-state index contributed by atoms with van der Waals surface area (Å²) < 4.78 is 1.89. The third-order valence-corrected chi connectivity index (χ3v) is 2.92. The summed E-state index contributed by atoms with van der Waals surface area (Å²) in [6, 6.07) is 4.82. The van der Waals surface area contributed by atoms with Crippen LogP contribution in [0.25, 0.3) is 0 Å². The Labute approximate surface area is 109 Å². The molecule has 0 unspecified atom stereocenters. The van der Waals surface area contributed by atoms with Gasteiger partial charge in [-0.2, -0.15) is 0 Å². The zero-order valence-electron chi connectivity index (χ0n) is 9.72. The van der Waals surface area contributed by atoms with Gasteiger partial charge in [0.1, 0.15) is 0 Å². The number of carboxylic acid groups (broad SMARTS) is 1. The predicted molar refractivity (Wildman–Crippen MR) is 68.9 cm³/mol. The van der Waals surface area contributed by atoms with Crippen molar-refractivity contribution in [2.45, 2.75) is 6.54 Å². The lowest BCUT2D eigenvalue weighted by Gasteiger charge is -2.08. The molecule has 2 aromatic rings. The standard InChI is InChI=1S/C12H12ClN3O2/c1-16-7-14-5-9(16)6-15-8-2-3-11(13)10(4-8)12(17)18/h2-5,7,15H,6H2,1H3,(H,17,18). The number of halogens is 1. The van der Waals surface area contributed by atoms with Gasteiger partial charge in [-0.3, -0.25) is 0 Å². The summed E-state index contributed by atoms with van der Waals surface area (Å²) in [5, 5.41) is 12.3. The maximum atomic E-state index is 10.9. The molecule has 2 rings (SSSR count). The molecule has 6 heteroatoms. The van der Waals surface area contributed by atoms with Gasteiger partial charge in [0.05, 0.1) is 29.2 Å². The quantitative estimate of drug-likeness (QED) is 0.891. The highest BCUT2D eigenvalue weighted by molar-refractivity contribution is 6.33. The van der Waals surface area contributed by atoms with Gasteiger partial charge in [-0.1, -0.05) is 11.6 Å². The molecule has 0 saturated carbocycles. The lowest BCUT2D eigenvalue weighted by atomic mass is 10.2. The summed E-state index contributed by atoms with van der Waals surface area (Å²) in [7, 11) is 1.90. The predicted octanol–water partition coefficient (Wildman–Crippen LogP) is 2.38. The van der Waals surface area contributed by atoms with Crippen LogP contribution in [-0.2, 0) is 13.6 Å². The fourth-order valence-electron chi connectivity index (χ4n) is 1.55. The Hall–Kier alpha value is -2.01. The van der Waals surface area contributed by atoms with E-state index >= 15 is 0 Å². The van der Waals surface area contributed by atoms with Crippen molar-refractivity contribution in [2.75, 3.05) is 5.32 Å². The molecule has 0 amide bonds. The largest absolute Gasteiger partial charge is 0.478 e. The number of imidazole rings is 1. The van der Waals surface area contributed by atoms with Crippen molar-refractivity contribution in [3.05, 3.63) is 47.0 Å². The lowest BCUT2D eigenvalue weighted by molar-refractivity contribution is 0.0697. The zero-order chi connectivity index (χ0) is 13.1. The van der Waals surface area contributed by atoms with Crippen LogP contribution in [0.3, 0.4) is 0 Å². The summed E-state index contributed by atoms with van der Waals surface area (Å²) in [5.74, 6) is -1.04. The molecule has 0 atom stereocenters. The monoisotopic (exact) mass is 265 g/mol. The second-order valence-corrected chi connectivity index (χ2v) is 4.26. The highest BCUT2D eigenvalue weighted by atomic mass is 35.5. The van der Waals surface area contributed by atoms with E-state index in [0.29, 0.717) is 12.2 Å². The van der Waals surface area contributed by atoms with Crippen molar-refractivity contribution in [1.29, 1.82) is 0 Å². The van der Waals surface area contributed by atoms with Crippen LogP contribution < -0.4 is 5.32 Å². The number of hydrogen-bond acceptors (Lipinski definition) is 3. The van der Waals surface area contributed by atoms with E-state index in [1.165, 1.54) is 6.07 Å². The van der Waals surface area contributed by atoms with Gasteiger partial charge in [-0.25, -0.2) is 9.78 Å². The molecule has 0 bridgehead atoms. The number of aryl methyl sites for hydroxylation is 1. The number of carbonyl (C=O) groups is 1. The van der Waals surface area contributed by atoms with E-state index in [2.05, 4.69) is 10.3 Å². The number of nitrogens with one attached hydrogen (secondary N) is 1. The summed E-state index contributed by atoms with van der Waals surface area (Å²) in [6.07, 6.45) is 3.46. The molecule has 18 heavy (non-hydrogen) atoms. The fourth-order valence-corrected chi connectivity index (χ4v) is 1.75. The van der Waals surface area contributed by atoms with Gasteiger partial charge in [0.15, 0.2) is 0 Å². The Morgan fingerprint density at radius 2 is 2.33 bits per heavy atom. The Morgan fingerprint density at radius 3 is 2.94 bits per heavy atom. The first-order chi connectivity index (χ1) is 8.58. The van der Waals surface area contributed by atoms with Crippen LogP contribution in [-0.4, -0.2) is 20.6 Å². The molecule has 0 fully saturated rings. The Bertz CT molecular complexity index is 580. The summed E-state index contributed by atoms with van der Waals surface area (Å²) in [4.78, 5) is 14.9. The minimum absolute atomic E-state index is 0.0895. The number of aromatic nitrogens is 2. The van der Waals surface area contributed by atoms with Crippen LogP contribution in [0.5, 0.6) is 0 Å². The molecule has 1 heterocycles. The summed E-state index contributed by atoms with van der Waals surface area (Å²) in [6.45, 7) is 0.567. The Balaban J connectivity index is 2.13. The number of benzene rings is 1. The van der Waals surface area contributed by atoms with E-state index in [1.807, 2.05) is 11.6 Å². The minimum atomic E-state index is -1.04. The molecule has 0 aliphatic heterocycles. The van der Waals surface area contributed by atoms with E-state index in [9.17, 15) is 4.79 Å². The van der Waals surface area contributed by atoms with E-state index in [4.69, 9.17) is 16.7 Å². The molecular weight excluding hydrogens is 254 g/mol. The Kier molecular flexibility index (Phi) is 3.53. The first kappa shape index (κ1) is 12.4. The van der Waals surface area contributed by atoms with Crippen LogP contribution in [0.4, 0.5) is 5.69 Å². The minimum Gasteiger partial charge on any atom is -0.478 e. The second-order valence-electron chi connectivity index (χ2n) is 3.85. The fraction of sp³-hybridized carbons (Fsp3) is 0.167. The van der Waals surface area contributed by atoms with Crippen molar-refractivity contribution >= 4 is 23.3 Å². The van der Waals surface area contributed by atoms with Gasteiger partial charge in [0, 0.05) is 18.9 Å². The smallest absolute Gasteiger partial charge is 0.337 e. The molecule has 0 saturated heterocycles. The zero-order valence-corrected chi connectivity index (χ0v) is 10.5. The van der Waals surface area contributed by atoms with Crippen LogP contribution >= 0.6 is 11.6 Å². The molecule has 5 nitrogen and oxygen atoms in total. The number of aromatic carboxylic acids is 1. The van der Waals surface area contributed by atoms with Gasteiger partial charge in [-0.05, 0) is 18.2 Å². The lowest BCUT2D eigenvalue weighted by Crippen LogP contribution is -2.05. The van der Waals surface area contributed by atoms with Gasteiger partial charge in [-0.15, -0.1) is 0 Å². The van der Waals surface area contributed by atoms with E-state index < -0.39 is 5.97 Å². The number of hydrogen-bond donors (Lipinski definition) is 2. The topological polar surface area (TPSA) is 67.2 Å². The molecular formula is C12H12ClN3O2. The van der Waals surface area contributed by atoms with E-state index in [-0.39, 0.29) is 10.6 Å². The third-order valence-electron chi connectivity index (χ3n) is 2.59. The van der Waals surface area contributed by atoms with E-state index in [1.54, 1.807) is 24.7 Å². The highest BCUT2D eigenvalue weighted by Gasteiger charge is 2.09. The highest BCUT2D eigenvalue weighted by Crippen LogP contribution is 2.20. The summed E-state index contributed by atoms with van der Waals surface area (Å²) >= 11 is 5.79. The summed E-state index contributed by atoms with van der Waals surface area (Å²) in [5.41, 5.74) is 1.80. The first-order valence-corrected chi connectivity index (χ1v) is 5.67. The maximum absolute atomic E-state index is 10.9. The van der Waals surface area contributed by atoms with Gasteiger partial charge in [0.2, 0.25) is 0 Å².